The van der Waals surface area contributed by atoms with Crippen LogP contribution in [0.3, 0.4) is 0 Å². The summed E-state index contributed by atoms with van der Waals surface area (Å²) >= 11 is 0. The minimum absolute atomic E-state index is 0.211. The molecule has 0 radical (unpaired) electrons. The smallest absolute Gasteiger partial charge is 0.338 e. The van der Waals surface area contributed by atoms with Crippen LogP contribution in [0.2, 0.25) is 0 Å². The average Bonchev–Trinajstić information content (AvgIpc) is 2.76. The highest BCUT2D eigenvalue weighted by molar-refractivity contribution is 5.78. The van der Waals surface area contributed by atoms with Crippen molar-refractivity contribution in [3.8, 4) is 0 Å². The molecule has 3 nitrogen and oxygen atoms in total. The van der Waals surface area contributed by atoms with Gasteiger partial charge in [-0.15, -0.1) is 0 Å². The Morgan fingerprint density at radius 1 is 1.32 bits per heavy atom. The number of nitrogens with zero attached hydrogens (tertiary/aromatic N) is 1. The molecule has 19 heavy (non-hydrogen) atoms. The van der Waals surface area contributed by atoms with Crippen LogP contribution < -0.4 is 5.32 Å². The molecule has 1 aliphatic rings. The highest BCUT2D eigenvalue weighted by atomic mass is 19.4. The Kier molecular flexibility index (Phi) is 6.10. The second-order valence-corrected chi connectivity index (χ2v) is 5.60. The lowest BCUT2D eigenvalue weighted by atomic mass is 10.1. The summed E-state index contributed by atoms with van der Waals surface area (Å²) in [6.07, 6.45) is -0.128. The van der Waals surface area contributed by atoms with Crippen LogP contribution in [0.25, 0.3) is 0 Å². The van der Waals surface area contributed by atoms with E-state index < -0.39 is 12.7 Å². The van der Waals surface area contributed by atoms with Gasteiger partial charge in [-0.25, -0.2) is 0 Å². The summed E-state index contributed by atoms with van der Waals surface area (Å²) in [6.45, 7) is 3.30. The number of halogens is 3. The van der Waals surface area contributed by atoms with E-state index in [4.69, 9.17) is 0 Å². The van der Waals surface area contributed by atoms with Crippen LogP contribution in [0.1, 0.15) is 39.5 Å². The molecule has 1 rings (SSSR count). The van der Waals surface area contributed by atoms with Crippen molar-refractivity contribution in [2.24, 2.45) is 5.92 Å². The summed E-state index contributed by atoms with van der Waals surface area (Å²) in [6, 6.07) is 0.211. The molecule has 0 aromatic heterocycles. The number of carbonyl (C=O) groups is 1. The Morgan fingerprint density at radius 2 is 1.89 bits per heavy atom. The van der Waals surface area contributed by atoms with Crippen molar-refractivity contribution < 1.29 is 18.0 Å². The quantitative estimate of drug-likeness (QED) is 0.811. The second kappa shape index (κ2) is 7.12. The lowest BCUT2D eigenvalue weighted by molar-refractivity contribution is -0.136. The third kappa shape index (κ3) is 6.27. The van der Waals surface area contributed by atoms with E-state index in [0.29, 0.717) is 12.5 Å². The van der Waals surface area contributed by atoms with Gasteiger partial charge < -0.3 is 10.2 Å². The van der Waals surface area contributed by atoms with E-state index in [1.165, 1.54) is 0 Å². The average molecular weight is 280 g/mol. The van der Waals surface area contributed by atoms with Gasteiger partial charge in [0.15, 0.2) is 0 Å². The lowest BCUT2D eigenvalue weighted by Gasteiger charge is -2.31. The highest BCUT2D eigenvalue weighted by Gasteiger charge is 2.29. The number of amides is 1. The molecule has 0 aromatic rings. The van der Waals surface area contributed by atoms with Gasteiger partial charge in [-0.05, 0) is 18.8 Å². The molecular weight excluding hydrogens is 257 g/mol. The van der Waals surface area contributed by atoms with Crippen molar-refractivity contribution in [2.45, 2.75) is 51.7 Å². The predicted octanol–water partition coefficient (Wildman–Crippen LogP) is 2.57. The van der Waals surface area contributed by atoms with E-state index in [1.54, 1.807) is 4.90 Å². The highest BCUT2D eigenvalue weighted by Crippen LogP contribution is 2.24. The maximum atomic E-state index is 12.0. The molecule has 0 unspecified atom stereocenters. The fraction of sp³-hybridized carbons (Fsp3) is 0.923. The van der Waals surface area contributed by atoms with Crippen molar-refractivity contribution in [3.63, 3.8) is 0 Å². The molecule has 1 aliphatic carbocycles. The third-order valence-electron chi connectivity index (χ3n) is 3.25. The Bertz CT molecular complexity index is 286. The maximum Gasteiger partial charge on any atom is 0.401 e. The summed E-state index contributed by atoms with van der Waals surface area (Å²) in [5.74, 6) is 0.108. The van der Waals surface area contributed by atoms with Gasteiger partial charge in [-0.3, -0.25) is 4.79 Å². The number of nitrogens with one attached hydrogen (secondary N) is 1. The molecule has 0 heterocycles. The summed E-state index contributed by atoms with van der Waals surface area (Å²) in [5.41, 5.74) is 0. The minimum atomic E-state index is -4.27. The minimum Gasteiger partial charge on any atom is -0.338 e. The number of rotatable bonds is 6. The van der Waals surface area contributed by atoms with Crippen molar-refractivity contribution in [1.29, 1.82) is 0 Å². The topological polar surface area (TPSA) is 32.3 Å². The van der Waals surface area contributed by atoms with Gasteiger partial charge in [0.1, 0.15) is 0 Å². The Hall–Kier alpha value is -0.780. The SMILES string of the molecule is CC(C)CN(C(=O)CNCC(F)(F)F)C1CCCC1. The molecule has 112 valence electrons. The summed E-state index contributed by atoms with van der Waals surface area (Å²) in [7, 11) is 0. The fourth-order valence-electron chi connectivity index (χ4n) is 2.48. The van der Waals surface area contributed by atoms with Crippen molar-refractivity contribution in [2.75, 3.05) is 19.6 Å². The van der Waals surface area contributed by atoms with Crippen LogP contribution in [0.4, 0.5) is 13.2 Å². The first kappa shape index (κ1) is 16.3. The summed E-state index contributed by atoms with van der Waals surface area (Å²) < 4.78 is 36.1. The number of alkyl halides is 3. The van der Waals surface area contributed by atoms with E-state index in [9.17, 15) is 18.0 Å². The molecule has 0 spiro atoms. The zero-order valence-corrected chi connectivity index (χ0v) is 11.6. The van der Waals surface area contributed by atoms with Gasteiger partial charge in [0.05, 0.1) is 13.1 Å². The molecule has 0 aromatic carbocycles. The normalized spacial score (nSPS) is 17.2. The van der Waals surface area contributed by atoms with Gasteiger partial charge in [0.2, 0.25) is 5.91 Å². The summed E-state index contributed by atoms with van der Waals surface area (Å²) in [5, 5.41) is 2.19. The predicted molar refractivity (Wildman–Crippen MR) is 67.7 cm³/mol. The first-order valence-corrected chi connectivity index (χ1v) is 6.86. The Labute approximate surface area is 112 Å². The van der Waals surface area contributed by atoms with Crippen molar-refractivity contribution in [3.05, 3.63) is 0 Å². The second-order valence-electron chi connectivity index (χ2n) is 5.60. The Balaban J connectivity index is 2.46. The molecule has 1 N–H and O–H groups in total. The summed E-state index contributed by atoms with van der Waals surface area (Å²) in [4.78, 5) is 13.8. The molecule has 6 heteroatoms. The largest absolute Gasteiger partial charge is 0.401 e. The molecule has 1 fully saturated rings. The molecule has 0 aliphatic heterocycles. The molecule has 1 saturated carbocycles. The molecular formula is C13H23F3N2O. The van der Waals surface area contributed by atoms with Crippen LogP contribution in [-0.2, 0) is 4.79 Å². The first-order valence-electron chi connectivity index (χ1n) is 6.86. The van der Waals surface area contributed by atoms with Crippen LogP contribution >= 0.6 is 0 Å². The van der Waals surface area contributed by atoms with Crippen molar-refractivity contribution in [1.82, 2.24) is 10.2 Å². The number of carbonyl (C=O) groups excluding carboxylic acids is 1. The van der Waals surface area contributed by atoms with E-state index in [0.717, 1.165) is 25.7 Å². The zero-order chi connectivity index (χ0) is 14.5. The maximum absolute atomic E-state index is 12.0. The molecule has 0 atom stereocenters. The monoisotopic (exact) mass is 280 g/mol. The third-order valence-corrected chi connectivity index (χ3v) is 3.25. The van der Waals surface area contributed by atoms with Gasteiger partial charge >= 0.3 is 6.18 Å². The Morgan fingerprint density at radius 3 is 2.37 bits per heavy atom. The number of hydrogen-bond donors (Lipinski definition) is 1. The standard InChI is InChI=1S/C13H23F3N2O/c1-10(2)8-18(11-5-3-4-6-11)12(19)7-17-9-13(14,15)16/h10-11,17H,3-9H2,1-2H3. The van der Waals surface area contributed by atoms with Crippen LogP contribution in [0.5, 0.6) is 0 Å². The van der Waals surface area contributed by atoms with Crippen molar-refractivity contribution >= 4 is 5.91 Å². The van der Waals surface area contributed by atoms with Crippen LogP contribution in [0.15, 0.2) is 0 Å². The lowest BCUT2D eigenvalue weighted by Crippen LogP contribution is -2.46. The molecule has 0 saturated heterocycles. The molecule has 1 amide bonds. The fourth-order valence-corrected chi connectivity index (χ4v) is 2.48. The van der Waals surface area contributed by atoms with E-state index in [1.807, 2.05) is 13.8 Å². The van der Waals surface area contributed by atoms with Gasteiger partial charge in [-0.1, -0.05) is 26.7 Å². The van der Waals surface area contributed by atoms with E-state index >= 15 is 0 Å². The van der Waals surface area contributed by atoms with Gasteiger partial charge in [-0.2, -0.15) is 13.2 Å². The number of hydrogen-bond acceptors (Lipinski definition) is 2. The molecule has 0 bridgehead atoms. The zero-order valence-electron chi connectivity index (χ0n) is 11.6. The first-order chi connectivity index (χ1) is 8.79. The van der Waals surface area contributed by atoms with Gasteiger partial charge in [0.25, 0.3) is 0 Å². The van der Waals surface area contributed by atoms with E-state index in [-0.39, 0.29) is 18.5 Å². The van der Waals surface area contributed by atoms with Crippen LogP contribution in [0, 0.1) is 5.92 Å². The van der Waals surface area contributed by atoms with Crippen LogP contribution in [-0.4, -0.2) is 42.7 Å². The van der Waals surface area contributed by atoms with Gasteiger partial charge in [0, 0.05) is 12.6 Å². The van der Waals surface area contributed by atoms with E-state index in [2.05, 4.69) is 5.32 Å².